The average molecular weight is 384 g/mol. The summed E-state index contributed by atoms with van der Waals surface area (Å²) >= 11 is 6.82. The van der Waals surface area contributed by atoms with Crippen LogP contribution in [-0.2, 0) is 5.41 Å². The van der Waals surface area contributed by atoms with Gasteiger partial charge in [0.1, 0.15) is 11.2 Å². The average Bonchev–Trinajstić information content (AvgIpc) is 3.21. The van der Waals surface area contributed by atoms with E-state index in [1.54, 1.807) is 0 Å². The van der Waals surface area contributed by atoms with Crippen LogP contribution in [0.5, 0.6) is 0 Å². The number of halogens is 1. The van der Waals surface area contributed by atoms with Crippen molar-refractivity contribution in [2.24, 2.45) is 0 Å². The van der Waals surface area contributed by atoms with E-state index in [4.69, 9.17) is 16.0 Å². The van der Waals surface area contributed by atoms with Gasteiger partial charge >= 0.3 is 0 Å². The molecule has 0 amide bonds. The summed E-state index contributed by atoms with van der Waals surface area (Å²) in [7, 11) is 0. The van der Waals surface area contributed by atoms with Crippen molar-refractivity contribution >= 4 is 44.9 Å². The number of para-hydroxylation sites is 2. The Balaban J connectivity index is 1.71. The molecule has 1 aliphatic heterocycles. The molecule has 2 heterocycles. The third-order valence-corrected chi connectivity index (χ3v) is 6.77. The molecule has 2 nitrogen and oxygen atoms in total. The van der Waals surface area contributed by atoms with Gasteiger partial charge in [-0.25, -0.2) is 0 Å². The summed E-state index contributed by atoms with van der Waals surface area (Å²) in [6, 6.07) is 23.3. The van der Waals surface area contributed by atoms with Crippen molar-refractivity contribution < 1.29 is 4.42 Å². The Kier molecular flexibility index (Phi) is 3.16. The second kappa shape index (κ2) is 5.52. The Bertz CT molecular complexity index is 1300. The summed E-state index contributed by atoms with van der Waals surface area (Å²) in [4.78, 5) is 2.41. The summed E-state index contributed by atoms with van der Waals surface area (Å²) in [5.74, 6) is 0. The van der Waals surface area contributed by atoms with Crippen LogP contribution in [0.25, 0.3) is 21.9 Å². The number of anilines is 2. The zero-order chi connectivity index (χ0) is 18.9. The molecule has 1 aromatic heterocycles. The first kappa shape index (κ1) is 16.0. The van der Waals surface area contributed by atoms with E-state index in [1.165, 1.54) is 16.9 Å². The largest absolute Gasteiger partial charge is 0.456 e. The standard InChI is InChI=1S/C25H18ClNO/c1-25-19-15-22-18(17-10-5-6-11-21(17)28-22)14-20(19)27(16-8-3-2-4-9-16)24(25)13-7-12-23(25)26/h2-15,24H,1H3. The number of furan rings is 1. The molecule has 4 aromatic rings. The summed E-state index contributed by atoms with van der Waals surface area (Å²) in [6.07, 6.45) is 6.33. The van der Waals surface area contributed by atoms with Crippen LogP contribution in [0.3, 0.4) is 0 Å². The predicted octanol–water partition coefficient (Wildman–Crippen LogP) is 7.06. The van der Waals surface area contributed by atoms with Crippen molar-refractivity contribution in [3.05, 3.63) is 95.6 Å². The van der Waals surface area contributed by atoms with Crippen LogP contribution in [0.15, 0.2) is 94.4 Å². The number of nitrogens with zero attached hydrogens (tertiary/aromatic N) is 1. The SMILES string of the molecule is CC12C(Cl)=CC=CC1N(c1ccccc1)c1cc3c(cc12)oc1ccccc13. The van der Waals surface area contributed by atoms with Gasteiger partial charge in [0.25, 0.3) is 0 Å². The molecule has 2 unspecified atom stereocenters. The lowest BCUT2D eigenvalue weighted by Gasteiger charge is -2.36. The molecule has 0 bridgehead atoms. The number of allylic oxidation sites excluding steroid dienone is 2. The van der Waals surface area contributed by atoms with Crippen molar-refractivity contribution in [2.45, 2.75) is 18.4 Å². The van der Waals surface area contributed by atoms with Gasteiger partial charge < -0.3 is 9.32 Å². The molecule has 2 aliphatic rings. The fourth-order valence-electron chi connectivity index (χ4n) is 4.80. The molecule has 136 valence electrons. The van der Waals surface area contributed by atoms with Gasteiger partial charge in [-0.05, 0) is 48.9 Å². The van der Waals surface area contributed by atoms with Crippen molar-refractivity contribution in [1.82, 2.24) is 0 Å². The molecular formula is C25H18ClNO. The highest BCUT2D eigenvalue weighted by atomic mass is 35.5. The number of hydrogen-bond donors (Lipinski definition) is 0. The maximum Gasteiger partial charge on any atom is 0.135 e. The fraction of sp³-hybridized carbons (Fsp3) is 0.120. The van der Waals surface area contributed by atoms with Crippen molar-refractivity contribution in [1.29, 1.82) is 0 Å². The molecular weight excluding hydrogens is 366 g/mol. The van der Waals surface area contributed by atoms with E-state index in [2.05, 4.69) is 78.6 Å². The Morgan fingerprint density at radius 1 is 0.929 bits per heavy atom. The van der Waals surface area contributed by atoms with E-state index in [9.17, 15) is 0 Å². The fourth-order valence-corrected chi connectivity index (χ4v) is 5.08. The first-order chi connectivity index (χ1) is 13.7. The molecule has 1 aliphatic carbocycles. The lowest BCUT2D eigenvalue weighted by atomic mass is 9.75. The smallest absolute Gasteiger partial charge is 0.135 e. The Morgan fingerprint density at radius 3 is 2.57 bits per heavy atom. The molecule has 28 heavy (non-hydrogen) atoms. The van der Waals surface area contributed by atoms with Crippen LogP contribution in [-0.4, -0.2) is 6.04 Å². The second-order valence-electron chi connectivity index (χ2n) is 7.72. The van der Waals surface area contributed by atoms with Crippen LogP contribution in [0, 0.1) is 0 Å². The molecule has 3 heteroatoms. The predicted molar refractivity (Wildman–Crippen MR) is 117 cm³/mol. The zero-order valence-corrected chi connectivity index (χ0v) is 16.1. The lowest BCUT2D eigenvalue weighted by Crippen LogP contribution is -2.41. The van der Waals surface area contributed by atoms with Crippen molar-refractivity contribution in [3.8, 4) is 0 Å². The molecule has 0 spiro atoms. The Labute approximate surface area is 168 Å². The van der Waals surface area contributed by atoms with Gasteiger partial charge in [-0.15, -0.1) is 0 Å². The number of rotatable bonds is 1. The minimum Gasteiger partial charge on any atom is -0.456 e. The molecule has 0 saturated carbocycles. The van der Waals surface area contributed by atoms with Crippen LogP contribution >= 0.6 is 11.6 Å². The molecule has 0 fully saturated rings. The monoisotopic (exact) mass is 383 g/mol. The van der Waals surface area contributed by atoms with Crippen LogP contribution in [0.2, 0.25) is 0 Å². The molecule has 2 atom stereocenters. The highest BCUT2D eigenvalue weighted by molar-refractivity contribution is 6.31. The van der Waals surface area contributed by atoms with E-state index < -0.39 is 0 Å². The van der Waals surface area contributed by atoms with Crippen molar-refractivity contribution in [3.63, 3.8) is 0 Å². The van der Waals surface area contributed by atoms with E-state index in [1.807, 2.05) is 18.2 Å². The maximum absolute atomic E-state index is 6.82. The summed E-state index contributed by atoms with van der Waals surface area (Å²) < 4.78 is 6.18. The summed E-state index contributed by atoms with van der Waals surface area (Å²) in [6.45, 7) is 2.23. The number of hydrogen-bond acceptors (Lipinski definition) is 2. The minimum atomic E-state index is -0.311. The van der Waals surface area contributed by atoms with Gasteiger partial charge in [0, 0.05) is 27.2 Å². The summed E-state index contributed by atoms with van der Waals surface area (Å²) in [5.41, 5.74) is 5.08. The van der Waals surface area contributed by atoms with E-state index in [0.717, 1.165) is 27.0 Å². The quantitative estimate of drug-likeness (QED) is 0.350. The normalized spacial score (nSPS) is 23.1. The van der Waals surface area contributed by atoms with E-state index in [0.29, 0.717) is 0 Å². The second-order valence-corrected chi connectivity index (χ2v) is 8.12. The third kappa shape index (κ3) is 1.93. The lowest BCUT2D eigenvalue weighted by molar-refractivity contribution is 0.539. The highest BCUT2D eigenvalue weighted by Crippen LogP contribution is 2.56. The number of fused-ring (bicyclic) bond motifs is 6. The third-order valence-electron chi connectivity index (χ3n) is 6.25. The molecule has 0 N–H and O–H groups in total. The van der Waals surface area contributed by atoms with Gasteiger partial charge in [0.2, 0.25) is 0 Å². The molecule has 0 radical (unpaired) electrons. The number of benzene rings is 3. The first-order valence-corrected chi connectivity index (χ1v) is 9.90. The first-order valence-electron chi connectivity index (χ1n) is 9.52. The maximum atomic E-state index is 6.82. The summed E-state index contributed by atoms with van der Waals surface area (Å²) in [5, 5.41) is 3.14. The molecule has 0 saturated heterocycles. The van der Waals surface area contributed by atoms with Gasteiger partial charge in [0.05, 0.1) is 11.5 Å². The zero-order valence-electron chi connectivity index (χ0n) is 15.4. The van der Waals surface area contributed by atoms with Gasteiger partial charge in [-0.2, -0.15) is 0 Å². The van der Waals surface area contributed by atoms with Crippen LogP contribution in [0.4, 0.5) is 11.4 Å². The van der Waals surface area contributed by atoms with Gasteiger partial charge in [0.15, 0.2) is 0 Å². The highest BCUT2D eigenvalue weighted by Gasteiger charge is 2.50. The Hall–Kier alpha value is -2.97. The molecule has 3 aromatic carbocycles. The van der Waals surface area contributed by atoms with E-state index >= 15 is 0 Å². The topological polar surface area (TPSA) is 16.4 Å². The molecule has 6 rings (SSSR count). The van der Waals surface area contributed by atoms with Gasteiger partial charge in [-0.1, -0.05) is 60.2 Å². The van der Waals surface area contributed by atoms with Crippen molar-refractivity contribution in [2.75, 3.05) is 4.90 Å². The van der Waals surface area contributed by atoms with Gasteiger partial charge in [-0.3, -0.25) is 0 Å². The van der Waals surface area contributed by atoms with Crippen LogP contribution < -0.4 is 4.90 Å². The minimum absolute atomic E-state index is 0.125. The van der Waals surface area contributed by atoms with E-state index in [-0.39, 0.29) is 11.5 Å². The Morgan fingerprint density at radius 2 is 1.71 bits per heavy atom. The van der Waals surface area contributed by atoms with Crippen LogP contribution in [0.1, 0.15) is 12.5 Å².